The smallest absolute Gasteiger partial charge is 0.0624 e. The molecule has 0 aromatic carbocycles. The van der Waals surface area contributed by atoms with Crippen LogP contribution in [0.15, 0.2) is 6.07 Å². The highest BCUT2D eigenvalue weighted by Crippen LogP contribution is 2.47. The van der Waals surface area contributed by atoms with E-state index in [1.165, 1.54) is 43.6 Å². The minimum absolute atomic E-state index is 0.536. The Labute approximate surface area is 105 Å². The highest BCUT2D eigenvalue weighted by molar-refractivity contribution is 5.15. The van der Waals surface area contributed by atoms with Crippen molar-refractivity contribution in [1.82, 2.24) is 15.1 Å². The van der Waals surface area contributed by atoms with E-state index < -0.39 is 0 Å². The molecule has 0 radical (unpaired) electrons. The van der Waals surface area contributed by atoms with Crippen LogP contribution in [0.25, 0.3) is 0 Å². The van der Waals surface area contributed by atoms with Gasteiger partial charge in [0.2, 0.25) is 0 Å². The van der Waals surface area contributed by atoms with Gasteiger partial charge in [0.05, 0.1) is 5.69 Å². The number of nitrogens with one attached hydrogen (secondary N) is 1. The average molecular weight is 235 g/mol. The predicted molar refractivity (Wildman–Crippen MR) is 71.1 cm³/mol. The van der Waals surface area contributed by atoms with E-state index in [1.807, 2.05) is 0 Å². The van der Waals surface area contributed by atoms with E-state index in [2.05, 4.69) is 42.1 Å². The molecule has 1 aromatic heterocycles. The fourth-order valence-electron chi connectivity index (χ4n) is 2.42. The summed E-state index contributed by atoms with van der Waals surface area (Å²) in [6.07, 6.45) is 6.19. The van der Waals surface area contributed by atoms with Crippen LogP contribution in [0.4, 0.5) is 0 Å². The lowest BCUT2D eigenvalue weighted by molar-refractivity contribution is 0.442. The lowest BCUT2D eigenvalue weighted by Gasteiger charge is -2.15. The molecular formula is C14H25N3. The van der Waals surface area contributed by atoms with Crippen LogP contribution in [0, 0.1) is 5.41 Å². The van der Waals surface area contributed by atoms with Crippen LogP contribution in [-0.2, 0) is 19.9 Å². The zero-order valence-electron chi connectivity index (χ0n) is 11.4. The first-order valence-corrected chi connectivity index (χ1v) is 6.91. The van der Waals surface area contributed by atoms with Crippen molar-refractivity contribution in [3.63, 3.8) is 0 Å². The quantitative estimate of drug-likeness (QED) is 0.735. The van der Waals surface area contributed by atoms with Crippen LogP contribution in [0.1, 0.15) is 44.5 Å². The van der Waals surface area contributed by atoms with Crippen LogP contribution < -0.4 is 5.32 Å². The molecule has 0 bridgehead atoms. The first-order valence-electron chi connectivity index (χ1n) is 6.91. The Kier molecular flexibility index (Phi) is 3.87. The highest BCUT2D eigenvalue weighted by atomic mass is 15.3. The maximum atomic E-state index is 4.53. The molecule has 1 aliphatic rings. The summed E-state index contributed by atoms with van der Waals surface area (Å²) in [5.41, 5.74) is 3.16. The van der Waals surface area contributed by atoms with Gasteiger partial charge in [-0.15, -0.1) is 0 Å². The maximum absolute atomic E-state index is 4.53. The van der Waals surface area contributed by atoms with Crippen LogP contribution in [0.2, 0.25) is 0 Å². The Balaban J connectivity index is 1.93. The van der Waals surface area contributed by atoms with E-state index in [4.69, 9.17) is 0 Å². The van der Waals surface area contributed by atoms with Gasteiger partial charge in [0.1, 0.15) is 0 Å². The van der Waals surface area contributed by atoms with E-state index in [9.17, 15) is 0 Å². The van der Waals surface area contributed by atoms with Crippen molar-refractivity contribution < 1.29 is 0 Å². The molecule has 2 rings (SSSR count). The zero-order chi connectivity index (χ0) is 12.3. The summed E-state index contributed by atoms with van der Waals surface area (Å²) >= 11 is 0. The molecule has 1 saturated carbocycles. The van der Waals surface area contributed by atoms with Crippen LogP contribution in [0.3, 0.4) is 0 Å². The van der Waals surface area contributed by atoms with Crippen molar-refractivity contribution in [1.29, 1.82) is 0 Å². The third-order valence-electron chi connectivity index (χ3n) is 3.83. The van der Waals surface area contributed by atoms with E-state index in [-0.39, 0.29) is 0 Å². The zero-order valence-corrected chi connectivity index (χ0v) is 11.4. The molecule has 3 nitrogen and oxygen atoms in total. The molecule has 1 heterocycles. The Morgan fingerprint density at radius 2 is 2.18 bits per heavy atom. The number of hydrogen-bond acceptors (Lipinski definition) is 2. The van der Waals surface area contributed by atoms with Crippen LogP contribution >= 0.6 is 0 Å². The normalized spacial score (nSPS) is 17.4. The van der Waals surface area contributed by atoms with Gasteiger partial charge < -0.3 is 5.32 Å². The van der Waals surface area contributed by atoms with E-state index in [0.717, 1.165) is 13.0 Å². The summed E-state index contributed by atoms with van der Waals surface area (Å²) in [5, 5.41) is 8.10. The number of rotatable bonds is 7. The Hall–Kier alpha value is -0.830. The first kappa shape index (κ1) is 12.6. The van der Waals surface area contributed by atoms with Gasteiger partial charge in [0.15, 0.2) is 0 Å². The van der Waals surface area contributed by atoms with Crippen molar-refractivity contribution >= 4 is 0 Å². The minimum Gasteiger partial charge on any atom is -0.316 e. The van der Waals surface area contributed by atoms with Gasteiger partial charge in [0.25, 0.3) is 0 Å². The Bertz CT molecular complexity index is 364. The third-order valence-corrected chi connectivity index (χ3v) is 3.83. The van der Waals surface area contributed by atoms with Crippen molar-refractivity contribution in [2.24, 2.45) is 12.5 Å². The molecule has 3 heteroatoms. The van der Waals surface area contributed by atoms with E-state index in [1.54, 1.807) is 0 Å². The fourth-order valence-corrected chi connectivity index (χ4v) is 2.42. The third kappa shape index (κ3) is 3.09. The molecule has 1 aromatic rings. The Morgan fingerprint density at radius 1 is 1.41 bits per heavy atom. The van der Waals surface area contributed by atoms with Gasteiger partial charge in [-0.05, 0) is 50.1 Å². The summed E-state index contributed by atoms with van der Waals surface area (Å²) in [6, 6.07) is 2.28. The number of aromatic nitrogens is 2. The number of nitrogens with zero attached hydrogens (tertiary/aromatic N) is 2. The van der Waals surface area contributed by atoms with Gasteiger partial charge in [-0.2, -0.15) is 5.10 Å². The van der Waals surface area contributed by atoms with Gasteiger partial charge in [-0.3, -0.25) is 4.68 Å². The van der Waals surface area contributed by atoms with Gasteiger partial charge in [0, 0.05) is 19.3 Å². The molecule has 0 unspecified atom stereocenters. The largest absolute Gasteiger partial charge is 0.316 e. The summed E-state index contributed by atoms with van der Waals surface area (Å²) in [6.45, 7) is 6.71. The lowest BCUT2D eigenvalue weighted by atomic mass is 9.99. The van der Waals surface area contributed by atoms with Crippen molar-refractivity contribution in [2.45, 2.75) is 46.0 Å². The first-order chi connectivity index (χ1) is 8.19. The summed E-state index contributed by atoms with van der Waals surface area (Å²) in [5.74, 6) is 0. The van der Waals surface area contributed by atoms with Gasteiger partial charge in [-0.1, -0.05) is 13.8 Å². The van der Waals surface area contributed by atoms with Crippen molar-refractivity contribution in [2.75, 3.05) is 13.1 Å². The fraction of sp³-hybridized carbons (Fsp3) is 0.786. The summed E-state index contributed by atoms with van der Waals surface area (Å²) < 4.78 is 2.07. The molecule has 0 amide bonds. The predicted octanol–water partition coefficient (Wildman–Crippen LogP) is 2.30. The maximum Gasteiger partial charge on any atom is 0.0624 e. The standard InChI is InChI=1S/C14H25N3/c1-4-8-15-11-14(6-7-14)10-13-9-12(5-2)16-17(13)3/h9,15H,4-8,10-11H2,1-3H3. The molecule has 1 fully saturated rings. The number of aryl methyl sites for hydroxylation is 2. The lowest BCUT2D eigenvalue weighted by Crippen LogP contribution is -2.26. The van der Waals surface area contributed by atoms with Crippen LogP contribution in [0.5, 0.6) is 0 Å². The molecule has 0 spiro atoms. The molecule has 0 atom stereocenters. The van der Waals surface area contributed by atoms with Crippen molar-refractivity contribution in [3.8, 4) is 0 Å². The highest BCUT2D eigenvalue weighted by Gasteiger charge is 2.42. The van der Waals surface area contributed by atoms with E-state index in [0.29, 0.717) is 5.41 Å². The average Bonchev–Trinajstić information content (AvgIpc) is 2.98. The second kappa shape index (κ2) is 5.21. The second-order valence-corrected chi connectivity index (χ2v) is 5.46. The molecule has 1 aliphatic carbocycles. The van der Waals surface area contributed by atoms with Crippen molar-refractivity contribution in [3.05, 3.63) is 17.5 Å². The molecule has 17 heavy (non-hydrogen) atoms. The SMILES string of the molecule is CCCNCC1(Cc2cc(CC)nn2C)CC1. The second-order valence-electron chi connectivity index (χ2n) is 5.46. The summed E-state index contributed by atoms with van der Waals surface area (Å²) in [7, 11) is 2.07. The topological polar surface area (TPSA) is 29.9 Å². The monoisotopic (exact) mass is 235 g/mol. The molecule has 0 aliphatic heterocycles. The number of hydrogen-bond donors (Lipinski definition) is 1. The Morgan fingerprint density at radius 3 is 2.71 bits per heavy atom. The minimum atomic E-state index is 0.536. The van der Waals surface area contributed by atoms with E-state index >= 15 is 0 Å². The molecule has 0 saturated heterocycles. The van der Waals surface area contributed by atoms with Gasteiger partial charge >= 0.3 is 0 Å². The van der Waals surface area contributed by atoms with Crippen LogP contribution in [-0.4, -0.2) is 22.9 Å². The molecule has 1 N–H and O–H groups in total. The molecular weight excluding hydrogens is 210 g/mol. The molecule has 96 valence electrons. The summed E-state index contributed by atoms with van der Waals surface area (Å²) in [4.78, 5) is 0. The van der Waals surface area contributed by atoms with Gasteiger partial charge in [-0.25, -0.2) is 0 Å².